The summed E-state index contributed by atoms with van der Waals surface area (Å²) >= 11 is 0. The number of phenols is 1. The van der Waals surface area contributed by atoms with Crippen molar-refractivity contribution in [3.05, 3.63) is 65.5 Å². The van der Waals surface area contributed by atoms with Crippen molar-refractivity contribution in [2.75, 3.05) is 13.2 Å². The predicted octanol–water partition coefficient (Wildman–Crippen LogP) is 3.40. The van der Waals surface area contributed by atoms with Crippen molar-refractivity contribution in [3.8, 4) is 5.75 Å². The minimum absolute atomic E-state index is 0.103. The van der Waals surface area contributed by atoms with Crippen LogP contribution in [0.25, 0.3) is 0 Å². The molecule has 150 valence electrons. The average molecular weight is 387 g/mol. The Morgan fingerprint density at radius 2 is 1.82 bits per heavy atom. The summed E-state index contributed by atoms with van der Waals surface area (Å²) in [6, 6.07) is 12.6. The minimum atomic E-state index is -0.922. The van der Waals surface area contributed by atoms with Gasteiger partial charge in [0.1, 0.15) is 11.6 Å². The van der Waals surface area contributed by atoms with Gasteiger partial charge in [0, 0.05) is 24.3 Å². The van der Waals surface area contributed by atoms with Crippen LogP contribution in [0.3, 0.4) is 0 Å². The van der Waals surface area contributed by atoms with Crippen molar-refractivity contribution in [3.63, 3.8) is 0 Å². The van der Waals surface area contributed by atoms with E-state index in [1.165, 1.54) is 18.2 Å². The summed E-state index contributed by atoms with van der Waals surface area (Å²) in [5.74, 6) is -0.112. The van der Waals surface area contributed by atoms with Gasteiger partial charge in [-0.25, -0.2) is 4.39 Å². The van der Waals surface area contributed by atoms with Gasteiger partial charge in [0.2, 0.25) is 0 Å². The molecule has 0 saturated heterocycles. The van der Waals surface area contributed by atoms with Gasteiger partial charge in [-0.3, -0.25) is 4.79 Å². The molecule has 2 aromatic rings. The third-order valence-corrected chi connectivity index (χ3v) is 5.31. The Morgan fingerprint density at radius 3 is 2.50 bits per heavy atom. The molecule has 0 radical (unpaired) electrons. The highest BCUT2D eigenvalue weighted by molar-refractivity contribution is 5.94. The third-order valence-electron chi connectivity index (χ3n) is 5.31. The van der Waals surface area contributed by atoms with Crippen LogP contribution in [0.15, 0.2) is 48.5 Å². The van der Waals surface area contributed by atoms with Crippen molar-refractivity contribution < 1.29 is 24.1 Å². The zero-order valence-electron chi connectivity index (χ0n) is 15.7. The summed E-state index contributed by atoms with van der Waals surface area (Å²) in [6.07, 6.45) is 2.75. The van der Waals surface area contributed by atoms with Gasteiger partial charge >= 0.3 is 0 Å². The number of halogens is 1. The maximum atomic E-state index is 13.6. The maximum Gasteiger partial charge on any atom is 0.251 e. The van der Waals surface area contributed by atoms with Gasteiger partial charge in [-0.05, 0) is 61.9 Å². The summed E-state index contributed by atoms with van der Waals surface area (Å²) in [5, 5.41) is 22.8. The first-order valence-corrected chi connectivity index (χ1v) is 9.56. The number of carbonyl (C=O) groups is 1. The number of amides is 1. The fourth-order valence-electron chi connectivity index (χ4n) is 3.47. The Kier molecular flexibility index (Phi) is 6.65. The molecule has 0 aliphatic heterocycles. The molecule has 1 fully saturated rings. The molecule has 0 aromatic heterocycles. The molecule has 0 atom stereocenters. The number of aliphatic hydroxyl groups is 1. The number of benzene rings is 2. The van der Waals surface area contributed by atoms with Crippen molar-refractivity contribution in [1.29, 1.82) is 0 Å². The summed E-state index contributed by atoms with van der Waals surface area (Å²) in [4.78, 5) is 12.2. The second-order valence-corrected chi connectivity index (χ2v) is 7.50. The van der Waals surface area contributed by atoms with Crippen LogP contribution in [0, 0.1) is 11.7 Å². The van der Waals surface area contributed by atoms with Crippen LogP contribution >= 0.6 is 0 Å². The molecule has 3 rings (SSSR count). The normalized spacial score (nSPS) is 22.0. The number of hydrogen-bond donors (Lipinski definition) is 3. The lowest BCUT2D eigenvalue weighted by atomic mass is 9.79. The lowest BCUT2D eigenvalue weighted by molar-refractivity contribution is -0.0240. The molecule has 0 heterocycles. The predicted molar refractivity (Wildman–Crippen MR) is 103 cm³/mol. The topological polar surface area (TPSA) is 78.8 Å². The van der Waals surface area contributed by atoms with Gasteiger partial charge in [0.15, 0.2) is 0 Å². The van der Waals surface area contributed by atoms with Crippen LogP contribution in [0.2, 0.25) is 0 Å². The SMILES string of the molecule is O=C(NC[C@]1(O)CC[C@@H](COCc2ccccc2F)CC1)c1ccc(O)cc1. The van der Waals surface area contributed by atoms with E-state index in [9.17, 15) is 19.4 Å². The first kappa shape index (κ1) is 20.3. The summed E-state index contributed by atoms with van der Waals surface area (Å²) in [6.45, 7) is 0.968. The molecule has 2 aromatic carbocycles. The van der Waals surface area contributed by atoms with Crippen LogP contribution in [0.5, 0.6) is 5.75 Å². The van der Waals surface area contributed by atoms with E-state index in [1.54, 1.807) is 30.3 Å². The number of ether oxygens (including phenoxy) is 1. The lowest BCUT2D eigenvalue weighted by Crippen LogP contribution is -2.45. The van der Waals surface area contributed by atoms with E-state index in [0.717, 1.165) is 12.8 Å². The Labute approximate surface area is 164 Å². The van der Waals surface area contributed by atoms with E-state index < -0.39 is 5.60 Å². The van der Waals surface area contributed by atoms with Crippen LogP contribution in [0.1, 0.15) is 41.6 Å². The van der Waals surface area contributed by atoms with E-state index in [4.69, 9.17) is 4.74 Å². The maximum absolute atomic E-state index is 13.6. The van der Waals surface area contributed by atoms with E-state index in [0.29, 0.717) is 36.5 Å². The number of nitrogens with one attached hydrogen (secondary N) is 1. The van der Waals surface area contributed by atoms with Gasteiger partial charge in [-0.1, -0.05) is 18.2 Å². The molecule has 1 aliphatic carbocycles. The molecular formula is C22H26FNO4. The smallest absolute Gasteiger partial charge is 0.251 e. The van der Waals surface area contributed by atoms with E-state index in [-0.39, 0.29) is 30.6 Å². The number of hydrogen-bond acceptors (Lipinski definition) is 4. The van der Waals surface area contributed by atoms with Gasteiger partial charge in [-0.2, -0.15) is 0 Å². The second kappa shape index (κ2) is 9.17. The molecule has 0 bridgehead atoms. The standard InChI is InChI=1S/C22H26FNO4/c23-20-4-2-1-3-18(20)14-28-13-16-9-11-22(27,12-10-16)15-24-21(26)17-5-7-19(25)8-6-17/h1-8,16,25,27H,9-15H2,(H,24,26)/t16-,22+. The van der Waals surface area contributed by atoms with E-state index in [2.05, 4.69) is 5.32 Å². The zero-order chi connectivity index (χ0) is 20.0. The fraction of sp³-hybridized carbons (Fsp3) is 0.409. The van der Waals surface area contributed by atoms with Crippen molar-refractivity contribution in [1.82, 2.24) is 5.32 Å². The minimum Gasteiger partial charge on any atom is -0.508 e. The van der Waals surface area contributed by atoms with Crippen molar-refractivity contribution >= 4 is 5.91 Å². The summed E-state index contributed by atoms with van der Waals surface area (Å²) < 4.78 is 19.3. The second-order valence-electron chi connectivity index (χ2n) is 7.50. The van der Waals surface area contributed by atoms with E-state index >= 15 is 0 Å². The van der Waals surface area contributed by atoms with Crippen molar-refractivity contribution in [2.24, 2.45) is 5.92 Å². The first-order valence-electron chi connectivity index (χ1n) is 9.56. The molecule has 1 amide bonds. The molecule has 1 saturated carbocycles. The number of carbonyl (C=O) groups excluding carboxylic acids is 1. The number of rotatable bonds is 7. The number of phenolic OH excluding ortho intramolecular Hbond substituents is 1. The molecular weight excluding hydrogens is 361 g/mol. The summed E-state index contributed by atoms with van der Waals surface area (Å²) in [5.41, 5.74) is 0.0672. The molecule has 1 aliphatic rings. The zero-order valence-corrected chi connectivity index (χ0v) is 15.7. The van der Waals surface area contributed by atoms with Crippen molar-refractivity contribution in [2.45, 2.75) is 37.9 Å². The van der Waals surface area contributed by atoms with Gasteiger partial charge in [-0.15, -0.1) is 0 Å². The average Bonchev–Trinajstić information content (AvgIpc) is 2.70. The lowest BCUT2D eigenvalue weighted by Gasteiger charge is -2.36. The molecule has 3 N–H and O–H groups in total. The van der Waals surface area contributed by atoms with Crippen LogP contribution < -0.4 is 5.32 Å². The van der Waals surface area contributed by atoms with Crippen LogP contribution in [-0.4, -0.2) is 34.9 Å². The van der Waals surface area contributed by atoms with Gasteiger partial charge in [0.05, 0.1) is 12.2 Å². The number of aromatic hydroxyl groups is 1. The molecule has 6 heteroatoms. The Bertz CT molecular complexity index is 785. The largest absolute Gasteiger partial charge is 0.508 e. The Balaban J connectivity index is 1.39. The first-order chi connectivity index (χ1) is 13.5. The molecule has 28 heavy (non-hydrogen) atoms. The van der Waals surface area contributed by atoms with Gasteiger partial charge < -0.3 is 20.3 Å². The summed E-state index contributed by atoms with van der Waals surface area (Å²) in [7, 11) is 0. The van der Waals surface area contributed by atoms with Crippen LogP contribution in [0.4, 0.5) is 4.39 Å². The van der Waals surface area contributed by atoms with Crippen LogP contribution in [-0.2, 0) is 11.3 Å². The fourth-order valence-corrected chi connectivity index (χ4v) is 3.47. The van der Waals surface area contributed by atoms with E-state index in [1.807, 2.05) is 0 Å². The third kappa shape index (κ3) is 5.53. The molecule has 5 nitrogen and oxygen atoms in total. The quantitative estimate of drug-likeness (QED) is 0.680. The van der Waals surface area contributed by atoms with Gasteiger partial charge in [0.25, 0.3) is 5.91 Å². The Morgan fingerprint density at radius 1 is 1.14 bits per heavy atom. The highest BCUT2D eigenvalue weighted by atomic mass is 19.1. The highest BCUT2D eigenvalue weighted by Crippen LogP contribution is 2.32. The monoisotopic (exact) mass is 387 g/mol. The molecule has 0 spiro atoms. The highest BCUT2D eigenvalue weighted by Gasteiger charge is 2.33. The Hall–Kier alpha value is -2.44. The molecule has 0 unspecified atom stereocenters.